The summed E-state index contributed by atoms with van der Waals surface area (Å²) in [6, 6.07) is 0. The van der Waals surface area contributed by atoms with Crippen molar-refractivity contribution in [2.24, 2.45) is 11.8 Å². The summed E-state index contributed by atoms with van der Waals surface area (Å²) in [6.45, 7) is 8.88. The number of nitrogens with zero attached hydrogens (tertiary/aromatic N) is 2. The van der Waals surface area contributed by atoms with Crippen molar-refractivity contribution < 1.29 is 14.7 Å². The average Bonchev–Trinajstić information content (AvgIpc) is 2.82. The molecular formula is C17H27N3O3. The van der Waals surface area contributed by atoms with Crippen LogP contribution in [0.5, 0.6) is 0 Å². The fourth-order valence-corrected chi connectivity index (χ4v) is 3.13. The van der Waals surface area contributed by atoms with E-state index in [1.807, 2.05) is 6.92 Å². The topological polar surface area (TPSA) is 84.2 Å². The first kappa shape index (κ1) is 17.5. The Labute approximate surface area is 137 Å². The van der Waals surface area contributed by atoms with Crippen LogP contribution < -0.4 is 5.32 Å². The van der Waals surface area contributed by atoms with Gasteiger partial charge in [0.05, 0.1) is 11.8 Å². The number of aliphatic carboxylic acids is 1. The maximum Gasteiger partial charge on any atom is 0.329 e. The quantitative estimate of drug-likeness (QED) is 0.873. The number of carboxylic acids is 1. The van der Waals surface area contributed by atoms with Gasteiger partial charge in [-0.2, -0.15) is 5.10 Å². The summed E-state index contributed by atoms with van der Waals surface area (Å²) in [5.41, 5.74) is 0.0988. The molecule has 0 atom stereocenters. The minimum absolute atomic E-state index is 0.338. The lowest BCUT2D eigenvalue weighted by Gasteiger charge is -2.36. The molecule has 23 heavy (non-hydrogen) atoms. The van der Waals surface area contributed by atoms with Gasteiger partial charge in [-0.25, -0.2) is 4.79 Å². The van der Waals surface area contributed by atoms with E-state index < -0.39 is 11.5 Å². The fraction of sp³-hybridized carbons (Fsp3) is 0.706. The lowest BCUT2D eigenvalue weighted by atomic mass is 9.77. The van der Waals surface area contributed by atoms with E-state index in [2.05, 4.69) is 31.2 Å². The van der Waals surface area contributed by atoms with Crippen LogP contribution in [-0.4, -0.2) is 32.3 Å². The normalized spacial score (nSPS) is 24.7. The van der Waals surface area contributed by atoms with Gasteiger partial charge in [0.15, 0.2) is 0 Å². The molecule has 0 saturated heterocycles. The molecule has 0 bridgehead atoms. The third-order valence-electron chi connectivity index (χ3n) is 4.78. The van der Waals surface area contributed by atoms with Crippen LogP contribution in [0.4, 0.5) is 0 Å². The zero-order valence-electron chi connectivity index (χ0n) is 14.4. The highest BCUT2D eigenvalue weighted by molar-refractivity contribution is 5.98. The largest absolute Gasteiger partial charge is 0.480 e. The zero-order valence-corrected chi connectivity index (χ0v) is 14.4. The van der Waals surface area contributed by atoms with E-state index >= 15 is 0 Å². The Balaban J connectivity index is 2.17. The molecule has 0 unspecified atom stereocenters. The monoisotopic (exact) mass is 321 g/mol. The Morgan fingerprint density at radius 1 is 1.43 bits per heavy atom. The molecule has 2 rings (SSSR count). The van der Waals surface area contributed by atoms with Crippen LogP contribution in [0.3, 0.4) is 0 Å². The molecule has 1 aromatic rings. The van der Waals surface area contributed by atoms with Gasteiger partial charge in [0.25, 0.3) is 5.91 Å². The van der Waals surface area contributed by atoms with E-state index in [1.54, 1.807) is 4.68 Å². The molecule has 1 saturated carbocycles. The molecule has 2 N–H and O–H groups in total. The number of carbonyl (C=O) groups is 2. The van der Waals surface area contributed by atoms with Crippen molar-refractivity contribution in [3.05, 3.63) is 17.5 Å². The lowest BCUT2D eigenvalue weighted by Crippen LogP contribution is -2.56. The minimum Gasteiger partial charge on any atom is -0.480 e. The predicted molar refractivity (Wildman–Crippen MR) is 87.3 cm³/mol. The Kier molecular flexibility index (Phi) is 5.12. The summed E-state index contributed by atoms with van der Waals surface area (Å²) >= 11 is 0. The van der Waals surface area contributed by atoms with Crippen molar-refractivity contribution >= 4 is 11.9 Å². The molecule has 6 nitrogen and oxygen atoms in total. The Bertz CT molecular complexity index is 584. The molecule has 6 heteroatoms. The third-order valence-corrected chi connectivity index (χ3v) is 4.78. The van der Waals surface area contributed by atoms with Gasteiger partial charge >= 0.3 is 5.97 Å². The first-order chi connectivity index (χ1) is 10.7. The molecule has 0 spiro atoms. The van der Waals surface area contributed by atoms with Gasteiger partial charge in [0.2, 0.25) is 0 Å². The van der Waals surface area contributed by atoms with Crippen molar-refractivity contribution in [1.29, 1.82) is 0 Å². The highest BCUT2D eigenvalue weighted by Crippen LogP contribution is 2.32. The fourth-order valence-electron chi connectivity index (χ4n) is 3.13. The van der Waals surface area contributed by atoms with Gasteiger partial charge < -0.3 is 10.4 Å². The van der Waals surface area contributed by atoms with Crippen LogP contribution in [0.2, 0.25) is 0 Å². The van der Waals surface area contributed by atoms with Crippen LogP contribution in [-0.2, 0) is 11.3 Å². The highest BCUT2D eigenvalue weighted by atomic mass is 16.4. The number of hydrogen-bond acceptors (Lipinski definition) is 3. The van der Waals surface area contributed by atoms with Gasteiger partial charge in [-0.05, 0) is 44.4 Å². The highest BCUT2D eigenvalue weighted by Gasteiger charge is 2.42. The molecule has 1 aliphatic rings. The summed E-state index contributed by atoms with van der Waals surface area (Å²) in [4.78, 5) is 24.3. The minimum atomic E-state index is -1.14. The van der Waals surface area contributed by atoms with Crippen molar-refractivity contribution in [2.45, 2.75) is 65.5 Å². The van der Waals surface area contributed by atoms with Gasteiger partial charge in [-0.1, -0.05) is 20.8 Å². The summed E-state index contributed by atoms with van der Waals surface area (Å²) in [6.07, 6.45) is 4.13. The summed E-state index contributed by atoms with van der Waals surface area (Å²) in [5.74, 6) is -0.343. The van der Waals surface area contributed by atoms with E-state index in [-0.39, 0.29) is 5.91 Å². The second-order valence-corrected chi connectivity index (χ2v) is 7.24. The molecule has 1 aromatic heterocycles. The van der Waals surface area contributed by atoms with E-state index in [4.69, 9.17) is 0 Å². The molecule has 1 amide bonds. The molecular weight excluding hydrogens is 294 g/mol. The van der Waals surface area contributed by atoms with E-state index in [0.29, 0.717) is 30.2 Å². The van der Waals surface area contributed by atoms with E-state index in [1.165, 1.54) is 6.20 Å². The van der Waals surface area contributed by atoms with Crippen LogP contribution >= 0.6 is 0 Å². The smallest absolute Gasteiger partial charge is 0.329 e. The standard InChI is InChI=1S/C17H27N3O3/c1-11(2)10-20-13(4)14(9-18-20)15(21)19-17(16(22)23)7-5-12(3)6-8-17/h9,11-12H,5-8,10H2,1-4H3,(H,19,21)(H,22,23). The van der Waals surface area contributed by atoms with Gasteiger partial charge in [0.1, 0.15) is 5.54 Å². The molecule has 1 aliphatic carbocycles. The van der Waals surface area contributed by atoms with Crippen LogP contribution in [0.25, 0.3) is 0 Å². The number of hydrogen-bond donors (Lipinski definition) is 2. The van der Waals surface area contributed by atoms with Crippen molar-refractivity contribution in [1.82, 2.24) is 15.1 Å². The summed E-state index contributed by atoms with van der Waals surface area (Å²) < 4.78 is 1.80. The predicted octanol–water partition coefficient (Wildman–Crippen LogP) is 2.61. The second kappa shape index (κ2) is 6.72. The second-order valence-electron chi connectivity index (χ2n) is 7.24. The zero-order chi connectivity index (χ0) is 17.2. The van der Waals surface area contributed by atoms with Crippen LogP contribution in [0.15, 0.2) is 6.20 Å². The van der Waals surface area contributed by atoms with Crippen molar-refractivity contribution in [2.75, 3.05) is 0 Å². The Morgan fingerprint density at radius 3 is 2.57 bits per heavy atom. The number of aromatic nitrogens is 2. The maximum atomic E-state index is 12.6. The average molecular weight is 321 g/mol. The molecule has 0 radical (unpaired) electrons. The number of amides is 1. The van der Waals surface area contributed by atoms with Crippen LogP contribution in [0, 0.1) is 18.8 Å². The molecule has 128 valence electrons. The SMILES string of the molecule is Cc1c(C(=O)NC2(C(=O)O)CCC(C)CC2)cnn1CC(C)C. The number of carbonyl (C=O) groups excluding carboxylic acids is 1. The van der Waals surface area contributed by atoms with E-state index in [9.17, 15) is 14.7 Å². The number of rotatable bonds is 5. The molecule has 0 aliphatic heterocycles. The van der Waals surface area contributed by atoms with Gasteiger partial charge in [-0.3, -0.25) is 9.48 Å². The van der Waals surface area contributed by atoms with Gasteiger partial charge in [0, 0.05) is 12.2 Å². The molecule has 1 heterocycles. The van der Waals surface area contributed by atoms with Gasteiger partial charge in [-0.15, -0.1) is 0 Å². The van der Waals surface area contributed by atoms with Crippen molar-refractivity contribution in [3.8, 4) is 0 Å². The first-order valence-corrected chi connectivity index (χ1v) is 8.33. The maximum absolute atomic E-state index is 12.6. The van der Waals surface area contributed by atoms with E-state index in [0.717, 1.165) is 25.1 Å². The third kappa shape index (κ3) is 3.74. The summed E-state index contributed by atoms with van der Waals surface area (Å²) in [5, 5.41) is 16.7. The Morgan fingerprint density at radius 2 is 2.04 bits per heavy atom. The molecule has 1 fully saturated rings. The first-order valence-electron chi connectivity index (χ1n) is 8.33. The van der Waals surface area contributed by atoms with Crippen LogP contribution in [0.1, 0.15) is 62.5 Å². The summed E-state index contributed by atoms with van der Waals surface area (Å²) in [7, 11) is 0. The molecule has 0 aromatic carbocycles. The lowest BCUT2D eigenvalue weighted by molar-refractivity contribution is -0.146. The van der Waals surface area contributed by atoms with Crippen molar-refractivity contribution in [3.63, 3.8) is 0 Å². The number of nitrogens with one attached hydrogen (secondary N) is 1. The Hall–Kier alpha value is -1.85. The number of carboxylic acid groups (broad SMARTS) is 1.